The molecule has 0 aliphatic heterocycles. The minimum absolute atomic E-state index is 0.165. The van der Waals surface area contributed by atoms with Crippen LogP contribution in [0.5, 0.6) is 0 Å². The van der Waals surface area contributed by atoms with Crippen LogP contribution >= 0.6 is 0 Å². The highest BCUT2D eigenvalue weighted by molar-refractivity contribution is 5.89. The average Bonchev–Trinajstić information content (AvgIpc) is 2.81. The van der Waals surface area contributed by atoms with E-state index in [4.69, 9.17) is 9.97 Å². The van der Waals surface area contributed by atoms with Crippen molar-refractivity contribution < 1.29 is 0 Å². The Bertz CT molecular complexity index is 1260. The third kappa shape index (κ3) is 4.55. The molecule has 0 amide bonds. The molecule has 3 aromatic carbocycles. The molecule has 2 heteroatoms. The van der Waals surface area contributed by atoms with E-state index in [1.165, 1.54) is 22.3 Å². The molecule has 1 heterocycles. The Kier molecular flexibility index (Phi) is 6.61. The fourth-order valence-electron chi connectivity index (χ4n) is 4.18. The van der Waals surface area contributed by atoms with E-state index < -0.39 is 0 Å². The van der Waals surface area contributed by atoms with Crippen molar-refractivity contribution in [2.75, 3.05) is 0 Å². The molecule has 1 unspecified atom stereocenters. The van der Waals surface area contributed by atoms with Crippen molar-refractivity contribution in [2.45, 2.75) is 40.0 Å². The molecule has 0 aliphatic rings. The van der Waals surface area contributed by atoms with Crippen LogP contribution in [0.1, 0.15) is 43.0 Å². The zero-order valence-electron chi connectivity index (χ0n) is 19.3. The first-order chi connectivity index (χ1) is 15.6. The van der Waals surface area contributed by atoms with E-state index in [2.05, 4.69) is 101 Å². The number of allylic oxidation sites excluding steroid dienone is 4. The standard InChI is InChI=1S/C30H30N2/c1-5-6-7-9-13-23(4)29-26-20-25(28-21(2)14-12-15-22(28)3)18-19-27(26)31-30(32-29)24-16-10-8-11-17-24/h6-20,23H,5H2,1-4H3/b7-6-,13-9-. The number of aryl methyl sites for hydroxylation is 2. The maximum atomic E-state index is 5.06. The summed E-state index contributed by atoms with van der Waals surface area (Å²) in [5, 5.41) is 1.11. The Labute approximate surface area is 191 Å². The van der Waals surface area contributed by atoms with Crippen LogP contribution in [0, 0.1) is 13.8 Å². The van der Waals surface area contributed by atoms with E-state index in [1.807, 2.05) is 18.2 Å². The van der Waals surface area contributed by atoms with Gasteiger partial charge in [-0.05, 0) is 54.7 Å². The zero-order chi connectivity index (χ0) is 22.5. The number of hydrogen-bond acceptors (Lipinski definition) is 2. The van der Waals surface area contributed by atoms with Gasteiger partial charge >= 0.3 is 0 Å². The molecule has 160 valence electrons. The molecule has 0 spiro atoms. The average molecular weight is 419 g/mol. The minimum Gasteiger partial charge on any atom is -0.232 e. The number of aromatic nitrogens is 2. The van der Waals surface area contributed by atoms with Crippen LogP contribution in [-0.2, 0) is 0 Å². The third-order valence-corrected chi connectivity index (χ3v) is 5.84. The molecule has 0 N–H and O–H groups in total. The molecule has 32 heavy (non-hydrogen) atoms. The summed E-state index contributed by atoms with van der Waals surface area (Å²) in [6.07, 6.45) is 9.65. The minimum atomic E-state index is 0.165. The van der Waals surface area contributed by atoms with Crippen LogP contribution in [0.4, 0.5) is 0 Å². The fraction of sp³-hybridized carbons (Fsp3) is 0.200. The predicted molar refractivity (Wildman–Crippen MR) is 137 cm³/mol. The molecule has 1 atom stereocenters. The molecule has 0 saturated heterocycles. The maximum Gasteiger partial charge on any atom is 0.160 e. The van der Waals surface area contributed by atoms with Gasteiger partial charge in [0.05, 0.1) is 11.2 Å². The van der Waals surface area contributed by atoms with Crippen LogP contribution in [0.3, 0.4) is 0 Å². The molecule has 2 nitrogen and oxygen atoms in total. The van der Waals surface area contributed by atoms with E-state index in [-0.39, 0.29) is 5.92 Å². The zero-order valence-corrected chi connectivity index (χ0v) is 19.3. The smallest absolute Gasteiger partial charge is 0.160 e. The second-order valence-corrected chi connectivity index (χ2v) is 8.31. The summed E-state index contributed by atoms with van der Waals surface area (Å²) in [5.41, 5.74) is 8.15. The maximum absolute atomic E-state index is 5.06. The fourth-order valence-corrected chi connectivity index (χ4v) is 4.18. The number of hydrogen-bond donors (Lipinski definition) is 0. The number of nitrogens with zero attached hydrogens (tertiary/aromatic N) is 2. The van der Waals surface area contributed by atoms with Gasteiger partial charge in [-0.3, -0.25) is 0 Å². The highest BCUT2D eigenvalue weighted by Crippen LogP contribution is 2.33. The Hall–Kier alpha value is -3.52. The van der Waals surface area contributed by atoms with Gasteiger partial charge in [0, 0.05) is 16.9 Å². The molecule has 0 aliphatic carbocycles. The lowest BCUT2D eigenvalue weighted by molar-refractivity contribution is 0.914. The Morgan fingerprint density at radius 2 is 1.56 bits per heavy atom. The summed E-state index contributed by atoms with van der Waals surface area (Å²) in [7, 11) is 0. The number of benzene rings is 3. The van der Waals surface area contributed by atoms with Crippen LogP contribution in [0.25, 0.3) is 33.4 Å². The summed E-state index contributed by atoms with van der Waals surface area (Å²) in [5.74, 6) is 0.940. The molecular weight excluding hydrogens is 388 g/mol. The lowest BCUT2D eigenvalue weighted by Gasteiger charge is -2.15. The van der Waals surface area contributed by atoms with E-state index >= 15 is 0 Å². The molecule has 4 aromatic rings. The van der Waals surface area contributed by atoms with Crippen LogP contribution < -0.4 is 0 Å². The van der Waals surface area contributed by atoms with Gasteiger partial charge in [-0.25, -0.2) is 9.97 Å². The monoisotopic (exact) mass is 418 g/mol. The lowest BCUT2D eigenvalue weighted by Crippen LogP contribution is -2.01. The second-order valence-electron chi connectivity index (χ2n) is 8.31. The summed E-state index contributed by atoms with van der Waals surface area (Å²) >= 11 is 0. The van der Waals surface area contributed by atoms with Gasteiger partial charge < -0.3 is 0 Å². The highest BCUT2D eigenvalue weighted by atomic mass is 14.9. The first-order valence-corrected chi connectivity index (χ1v) is 11.4. The normalized spacial score (nSPS) is 12.8. The molecule has 0 fully saturated rings. The molecule has 0 bridgehead atoms. The second kappa shape index (κ2) is 9.74. The summed E-state index contributed by atoms with van der Waals surface area (Å²) in [6, 6.07) is 23.3. The summed E-state index contributed by atoms with van der Waals surface area (Å²) < 4.78 is 0. The van der Waals surface area contributed by atoms with Crippen LogP contribution in [0.15, 0.2) is 91.0 Å². The van der Waals surface area contributed by atoms with Crippen molar-refractivity contribution in [3.63, 3.8) is 0 Å². The Balaban J connectivity index is 1.91. The van der Waals surface area contributed by atoms with Gasteiger partial charge in [0.25, 0.3) is 0 Å². The molecule has 0 saturated carbocycles. The first-order valence-electron chi connectivity index (χ1n) is 11.4. The lowest BCUT2D eigenvalue weighted by atomic mass is 9.93. The Morgan fingerprint density at radius 3 is 2.28 bits per heavy atom. The van der Waals surface area contributed by atoms with Crippen LogP contribution in [-0.4, -0.2) is 9.97 Å². The van der Waals surface area contributed by atoms with Crippen molar-refractivity contribution in [3.8, 4) is 22.5 Å². The van der Waals surface area contributed by atoms with Gasteiger partial charge in [0.1, 0.15) is 0 Å². The highest BCUT2D eigenvalue weighted by Gasteiger charge is 2.15. The largest absolute Gasteiger partial charge is 0.232 e. The van der Waals surface area contributed by atoms with E-state index in [9.17, 15) is 0 Å². The Morgan fingerprint density at radius 1 is 0.812 bits per heavy atom. The van der Waals surface area contributed by atoms with Gasteiger partial charge in [0.2, 0.25) is 0 Å². The summed E-state index contributed by atoms with van der Waals surface area (Å²) in [4.78, 5) is 9.99. The molecule has 0 radical (unpaired) electrons. The first kappa shape index (κ1) is 21.7. The van der Waals surface area contributed by atoms with Crippen molar-refractivity contribution in [1.29, 1.82) is 0 Å². The van der Waals surface area contributed by atoms with E-state index in [0.717, 1.165) is 34.4 Å². The SMILES string of the molecule is CC/C=C\C=C/C(C)c1nc(-c2ccccc2)nc2ccc(-c3c(C)cccc3C)cc12. The van der Waals surface area contributed by atoms with Crippen molar-refractivity contribution in [1.82, 2.24) is 9.97 Å². The van der Waals surface area contributed by atoms with E-state index in [1.54, 1.807) is 0 Å². The predicted octanol–water partition coefficient (Wildman–Crippen LogP) is 8.21. The third-order valence-electron chi connectivity index (χ3n) is 5.84. The van der Waals surface area contributed by atoms with Gasteiger partial charge in [-0.2, -0.15) is 0 Å². The number of fused-ring (bicyclic) bond motifs is 1. The van der Waals surface area contributed by atoms with E-state index in [0.29, 0.717) is 0 Å². The van der Waals surface area contributed by atoms with Crippen molar-refractivity contribution >= 4 is 10.9 Å². The van der Waals surface area contributed by atoms with Gasteiger partial charge in [0.15, 0.2) is 5.82 Å². The van der Waals surface area contributed by atoms with Crippen LogP contribution in [0.2, 0.25) is 0 Å². The summed E-state index contributed by atoms with van der Waals surface area (Å²) in [6.45, 7) is 8.70. The quantitative estimate of drug-likeness (QED) is 0.295. The molecule has 4 rings (SSSR count). The van der Waals surface area contributed by atoms with Crippen molar-refractivity contribution in [2.24, 2.45) is 0 Å². The molecular formula is C30H30N2. The molecule has 1 aromatic heterocycles. The topological polar surface area (TPSA) is 25.8 Å². The van der Waals surface area contributed by atoms with Gasteiger partial charge in [-0.15, -0.1) is 0 Å². The number of rotatable bonds is 6. The van der Waals surface area contributed by atoms with Gasteiger partial charge in [-0.1, -0.05) is 92.7 Å². The van der Waals surface area contributed by atoms with Crippen molar-refractivity contribution in [3.05, 3.63) is 108 Å².